The predicted octanol–water partition coefficient (Wildman–Crippen LogP) is 3.01. The van der Waals surface area contributed by atoms with Gasteiger partial charge < -0.3 is 9.47 Å². The van der Waals surface area contributed by atoms with Gasteiger partial charge in [-0.15, -0.1) is 0 Å². The monoisotopic (exact) mass is 254 g/mol. The molecular formula is C17H22N2. The number of fused-ring (bicyclic) bond motifs is 3. The highest BCUT2D eigenvalue weighted by atomic mass is 15.1. The Balaban J connectivity index is 2.01. The lowest BCUT2D eigenvalue weighted by molar-refractivity contribution is 0.318. The molecular weight excluding hydrogens is 232 g/mol. The van der Waals surface area contributed by atoms with Gasteiger partial charge in [0.25, 0.3) is 0 Å². The molecule has 0 fully saturated rings. The van der Waals surface area contributed by atoms with E-state index in [0.29, 0.717) is 0 Å². The highest BCUT2D eigenvalue weighted by molar-refractivity contribution is 5.88. The summed E-state index contributed by atoms with van der Waals surface area (Å²) < 4.78 is 2.65. The van der Waals surface area contributed by atoms with Crippen LogP contribution in [0.25, 0.3) is 10.9 Å². The van der Waals surface area contributed by atoms with E-state index >= 15 is 0 Å². The molecule has 2 aliphatic rings. The lowest BCUT2D eigenvalue weighted by atomic mass is 9.95. The van der Waals surface area contributed by atoms with E-state index in [1.807, 2.05) is 0 Å². The maximum Gasteiger partial charge on any atom is 0.0518 e. The van der Waals surface area contributed by atoms with Gasteiger partial charge in [-0.1, -0.05) is 18.2 Å². The quantitative estimate of drug-likeness (QED) is 0.701. The van der Waals surface area contributed by atoms with E-state index in [1.54, 1.807) is 27.7 Å². The van der Waals surface area contributed by atoms with Gasteiger partial charge in [0.15, 0.2) is 0 Å². The first-order valence-corrected chi connectivity index (χ1v) is 7.65. The van der Waals surface area contributed by atoms with Gasteiger partial charge in [0.05, 0.1) is 5.52 Å². The van der Waals surface area contributed by atoms with E-state index < -0.39 is 0 Å². The fraction of sp³-hybridized carbons (Fsp3) is 0.529. The van der Waals surface area contributed by atoms with Crippen molar-refractivity contribution in [1.29, 1.82) is 0 Å². The highest BCUT2D eigenvalue weighted by Gasteiger charge is 2.22. The van der Waals surface area contributed by atoms with Crippen LogP contribution in [-0.4, -0.2) is 29.6 Å². The maximum absolute atomic E-state index is 2.65. The molecule has 2 heterocycles. The fourth-order valence-electron chi connectivity index (χ4n) is 3.91. The summed E-state index contributed by atoms with van der Waals surface area (Å²) in [6.07, 6.45) is 6.51. The van der Waals surface area contributed by atoms with Crippen molar-refractivity contribution in [3.63, 3.8) is 0 Å². The maximum atomic E-state index is 2.65. The van der Waals surface area contributed by atoms with Crippen LogP contribution in [0.4, 0.5) is 0 Å². The molecule has 0 bridgehead atoms. The molecule has 0 unspecified atom stereocenters. The fourth-order valence-corrected chi connectivity index (χ4v) is 3.91. The minimum atomic E-state index is 1.17. The second kappa shape index (κ2) is 4.38. The third kappa shape index (κ3) is 1.73. The summed E-state index contributed by atoms with van der Waals surface area (Å²) in [7, 11) is 2.25. The van der Waals surface area contributed by atoms with Crippen molar-refractivity contribution in [3.05, 3.63) is 35.0 Å². The second-order valence-corrected chi connectivity index (χ2v) is 6.15. The van der Waals surface area contributed by atoms with Crippen molar-refractivity contribution in [3.8, 4) is 0 Å². The predicted molar refractivity (Wildman–Crippen MR) is 79.8 cm³/mol. The van der Waals surface area contributed by atoms with Crippen molar-refractivity contribution in [2.24, 2.45) is 0 Å². The third-order valence-electron chi connectivity index (χ3n) is 4.95. The first-order valence-electron chi connectivity index (χ1n) is 7.65. The van der Waals surface area contributed by atoms with E-state index in [2.05, 4.69) is 34.7 Å². The largest absolute Gasteiger partial charge is 0.343 e. The smallest absolute Gasteiger partial charge is 0.0518 e. The Bertz CT molecular complexity index is 624. The minimum Gasteiger partial charge on any atom is -0.343 e. The van der Waals surface area contributed by atoms with Crippen LogP contribution in [0, 0.1) is 0 Å². The first-order chi connectivity index (χ1) is 9.34. The Morgan fingerprint density at radius 3 is 2.79 bits per heavy atom. The standard InChI is InChI=1S/C17H22N2/c1-18-10-9-13-5-4-7-15-14-6-2-3-8-16(14)19(12-11-18)17(13)15/h4-5,7H,2-3,6,8-12H2,1H3. The van der Waals surface area contributed by atoms with Gasteiger partial charge in [0.1, 0.15) is 0 Å². The molecule has 0 atom stereocenters. The Hall–Kier alpha value is -1.28. The molecule has 1 aliphatic heterocycles. The van der Waals surface area contributed by atoms with Gasteiger partial charge in [-0.05, 0) is 50.3 Å². The average molecular weight is 254 g/mol. The normalized spacial score (nSPS) is 20.1. The van der Waals surface area contributed by atoms with Gasteiger partial charge in [-0.3, -0.25) is 0 Å². The average Bonchev–Trinajstić information content (AvgIpc) is 2.76. The SMILES string of the molecule is CN1CCc2cccc3c4c(n(c23)CC1)CCCC4. The zero-order valence-electron chi connectivity index (χ0n) is 11.8. The molecule has 0 N–H and O–H groups in total. The number of benzene rings is 1. The zero-order chi connectivity index (χ0) is 12.8. The van der Waals surface area contributed by atoms with E-state index in [4.69, 9.17) is 0 Å². The van der Waals surface area contributed by atoms with Crippen LogP contribution in [0.5, 0.6) is 0 Å². The van der Waals surface area contributed by atoms with Crippen molar-refractivity contribution in [2.75, 3.05) is 20.1 Å². The lowest BCUT2D eigenvalue weighted by Gasteiger charge is -2.23. The van der Waals surface area contributed by atoms with Gasteiger partial charge in [0.2, 0.25) is 0 Å². The number of likely N-dealkylation sites (N-methyl/N-ethyl adjacent to an activating group) is 1. The van der Waals surface area contributed by atoms with Gasteiger partial charge >= 0.3 is 0 Å². The van der Waals surface area contributed by atoms with Crippen LogP contribution in [-0.2, 0) is 25.8 Å². The van der Waals surface area contributed by atoms with Crippen LogP contribution in [0.1, 0.15) is 29.7 Å². The van der Waals surface area contributed by atoms with E-state index in [1.165, 1.54) is 51.7 Å². The number of aromatic nitrogens is 1. The lowest BCUT2D eigenvalue weighted by Crippen LogP contribution is -2.28. The number of para-hydroxylation sites is 1. The summed E-state index contributed by atoms with van der Waals surface area (Å²) in [6, 6.07) is 6.95. The van der Waals surface area contributed by atoms with Crippen LogP contribution in [0.2, 0.25) is 0 Å². The zero-order valence-corrected chi connectivity index (χ0v) is 11.8. The molecule has 0 saturated heterocycles. The second-order valence-electron chi connectivity index (χ2n) is 6.15. The van der Waals surface area contributed by atoms with Crippen LogP contribution >= 0.6 is 0 Å². The molecule has 2 heteroatoms. The van der Waals surface area contributed by atoms with Crippen LogP contribution < -0.4 is 0 Å². The minimum absolute atomic E-state index is 1.17. The van der Waals surface area contributed by atoms with Crippen LogP contribution in [0.3, 0.4) is 0 Å². The molecule has 0 saturated carbocycles. The highest BCUT2D eigenvalue weighted by Crippen LogP contribution is 2.34. The van der Waals surface area contributed by atoms with Gasteiger partial charge in [-0.2, -0.15) is 0 Å². The molecule has 1 aromatic carbocycles. The van der Waals surface area contributed by atoms with Crippen LogP contribution in [0.15, 0.2) is 18.2 Å². The Labute approximate surface area is 115 Å². The molecule has 4 rings (SSSR count). The molecule has 1 aromatic heterocycles. The van der Waals surface area contributed by atoms with E-state index in [0.717, 1.165) is 0 Å². The third-order valence-corrected chi connectivity index (χ3v) is 4.95. The summed E-state index contributed by atoms with van der Waals surface area (Å²) >= 11 is 0. The number of nitrogens with zero attached hydrogens (tertiary/aromatic N) is 2. The van der Waals surface area contributed by atoms with Crippen molar-refractivity contribution in [1.82, 2.24) is 9.47 Å². The molecule has 0 radical (unpaired) electrons. The summed E-state index contributed by atoms with van der Waals surface area (Å²) in [5.74, 6) is 0. The molecule has 100 valence electrons. The Morgan fingerprint density at radius 1 is 0.947 bits per heavy atom. The number of hydrogen-bond acceptors (Lipinski definition) is 1. The number of aryl methyl sites for hydroxylation is 1. The molecule has 19 heavy (non-hydrogen) atoms. The summed E-state index contributed by atoms with van der Waals surface area (Å²) in [4.78, 5) is 2.47. The summed E-state index contributed by atoms with van der Waals surface area (Å²) in [6.45, 7) is 3.54. The Morgan fingerprint density at radius 2 is 1.84 bits per heavy atom. The topological polar surface area (TPSA) is 8.17 Å². The van der Waals surface area contributed by atoms with E-state index in [9.17, 15) is 0 Å². The number of hydrogen-bond donors (Lipinski definition) is 0. The molecule has 2 aromatic rings. The summed E-state index contributed by atoms with van der Waals surface area (Å²) in [5.41, 5.74) is 6.41. The molecule has 0 amide bonds. The molecule has 0 spiro atoms. The first kappa shape index (κ1) is 11.5. The number of rotatable bonds is 0. The van der Waals surface area contributed by atoms with Crippen molar-refractivity contribution >= 4 is 10.9 Å². The molecule has 1 aliphatic carbocycles. The van der Waals surface area contributed by atoms with Gasteiger partial charge in [-0.25, -0.2) is 0 Å². The Kier molecular flexibility index (Phi) is 2.66. The summed E-state index contributed by atoms with van der Waals surface area (Å²) in [5, 5.41) is 1.55. The van der Waals surface area contributed by atoms with E-state index in [-0.39, 0.29) is 0 Å². The van der Waals surface area contributed by atoms with Crippen molar-refractivity contribution in [2.45, 2.75) is 38.6 Å². The van der Waals surface area contributed by atoms with Crippen molar-refractivity contribution < 1.29 is 0 Å². The molecule has 2 nitrogen and oxygen atoms in total. The van der Waals surface area contributed by atoms with Gasteiger partial charge in [0, 0.05) is 30.7 Å².